The molecular formula is C15H16Cl2N2. The first kappa shape index (κ1) is 14.2. The second kappa shape index (κ2) is 6.27. The molecule has 4 heteroatoms. The molecule has 0 aliphatic rings. The number of aryl methyl sites for hydroxylation is 1. The predicted octanol–water partition coefficient (Wildman–Crippen LogP) is 4.42. The van der Waals surface area contributed by atoms with Crippen molar-refractivity contribution in [3.63, 3.8) is 0 Å². The van der Waals surface area contributed by atoms with Gasteiger partial charge in [0, 0.05) is 29.3 Å². The van der Waals surface area contributed by atoms with Gasteiger partial charge in [0.15, 0.2) is 0 Å². The summed E-state index contributed by atoms with van der Waals surface area (Å²) >= 11 is 12.0. The molecule has 0 spiro atoms. The Kier molecular flexibility index (Phi) is 4.67. The molecule has 0 bridgehead atoms. The molecule has 0 amide bonds. The van der Waals surface area contributed by atoms with E-state index in [-0.39, 0.29) is 0 Å². The van der Waals surface area contributed by atoms with Gasteiger partial charge in [0.25, 0.3) is 0 Å². The topological polar surface area (TPSA) is 16.1 Å². The van der Waals surface area contributed by atoms with E-state index < -0.39 is 0 Å². The normalized spacial score (nSPS) is 10.5. The summed E-state index contributed by atoms with van der Waals surface area (Å²) in [5.41, 5.74) is 4.18. The van der Waals surface area contributed by atoms with Crippen LogP contribution in [-0.2, 0) is 12.4 Å². The maximum absolute atomic E-state index is 5.99. The van der Waals surface area contributed by atoms with Crippen molar-refractivity contribution >= 4 is 28.9 Å². The Bertz CT molecular complexity index is 570. The van der Waals surface area contributed by atoms with Gasteiger partial charge in [-0.05, 0) is 42.8 Å². The van der Waals surface area contributed by atoms with E-state index in [1.54, 1.807) is 0 Å². The Morgan fingerprint density at radius 3 is 2.68 bits per heavy atom. The third kappa shape index (κ3) is 3.62. The summed E-state index contributed by atoms with van der Waals surface area (Å²) in [6.45, 7) is 2.74. The maximum Gasteiger partial charge on any atom is 0.0600 e. The molecule has 0 fully saturated rings. The Hall–Kier alpha value is -1.25. The lowest BCUT2D eigenvalue weighted by atomic mass is 10.1. The molecule has 19 heavy (non-hydrogen) atoms. The lowest BCUT2D eigenvalue weighted by molar-refractivity contribution is 0.872. The fourth-order valence-corrected chi connectivity index (χ4v) is 2.46. The maximum atomic E-state index is 5.99. The highest BCUT2D eigenvalue weighted by molar-refractivity contribution is 6.30. The molecule has 100 valence electrons. The number of hydrogen-bond donors (Lipinski definition) is 0. The van der Waals surface area contributed by atoms with Crippen LogP contribution in [0.1, 0.15) is 17.0 Å². The van der Waals surface area contributed by atoms with E-state index >= 15 is 0 Å². The van der Waals surface area contributed by atoms with E-state index in [0.717, 1.165) is 29.2 Å². The van der Waals surface area contributed by atoms with Crippen molar-refractivity contribution in [2.24, 2.45) is 0 Å². The zero-order valence-corrected chi connectivity index (χ0v) is 12.5. The van der Waals surface area contributed by atoms with E-state index in [1.807, 2.05) is 50.4 Å². The minimum absolute atomic E-state index is 0.446. The number of hydrogen-bond acceptors (Lipinski definition) is 2. The van der Waals surface area contributed by atoms with Gasteiger partial charge in [-0.25, -0.2) is 0 Å². The summed E-state index contributed by atoms with van der Waals surface area (Å²) in [5, 5.41) is 0.710. The summed E-state index contributed by atoms with van der Waals surface area (Å²) in [7, 11) is 2.03. The summed E-state index contributed by atoms with van der Waals surface area (Å²) in [5.74, 6) is 0.446. The lowest BCUT2D eigenvalue weighted by Crippen LogP contribution is -2.18. The molecule has 0 saturated carbocycles. The zero-order valence-electron chi connectivity index (χ0n) is 11.0. The van der Waals surface area contributed by atoms with E-state index in [0.29, 0.717) is 10.9 Å². The fraction of sp³-hybridized carbons (Fsp3) is 0.267. The molecule has 0 N–H and O–H groups in total. The molecule has 1 aromatic heterocycles. The Morgan fingerprint density at radius 2 is 2.00 bits per heavy atom. The first-order valence-corrected chi connectivity index (χ1v) is 6.99. The van der Waals surface area contributed by atoms with E-state index in [9.17, 15) is 0 Å². The van der Waals surface area contributed by atoms with Gasteiger partial charge in [-0.2, -0.15) is 0 Å². The number of benzene rings is 1. The average molecular weight is 295 g/mol. The van der Waals surface area contributed by atoms with Crippen LogP contribution in [0.25, 0.3) is 0 Å². The van der Waals surface area contributed by atoms with Crippen LogP contribution in [0, 0.1) is 6.92 Å². The molecule has 2 aromatic rings. The summed E-state index contributed by atoms with van der Waals surface area (Å²) in [6, 6.07) is 11.8. The number of aromatic nitrogens is 1. The fourth-order valence-electron chi connectivity index (χ4n) is 2.05. The Balaban J connectivity index is 2.22. The van der Waals surface area contributed by atoms with Gasteiger partial charge in [-0.1, -0.05) is 17.7 Å². The van der Waals surface area contributed by atoms with E-state index in [4.69, 9.17) is 23.2 Å². The first-order valence-electron chi connectivity index (χ1n) is 6.08. The Labute approximate surface area is 124 Å². The predicted molar refractivity (Wildman–Crippen MR) is 82.1 cm³/mol. The van der Waals surface area contributed by atoms with Crippen LogP contribution >= 0.6 is 23.2 Å². The van der Waals surface area contributed by atoms with Gasteiger partial charge in [0.05, 0.1) is 12.2 Å². The van der Waals surface area contributed by atoms with Crippen molar-refractivity contribution in [1.82, 2.24) is 4.98 Å². The minimum Gasteiger partial charge on any atom is -0.368 e. The highest BCUT2D eigenvalue weighted by atomic mass is 35.5. The molecule has 2 rings (SSSR count). The van der Waals surface area contributed by atoms with Crippen molar-refractivity contribution < 1.29 is 0 Å². The third-order valence-electron chi connectivity index (χ3n) is 2.94. The average Bonchev–Trinajstić information content (AvgIpc) is 2.38. The molecule has 2 nitrogen and oxygen atoms in total. The molecule has 0 unspecified atom stereocenters. The zero-order chi connectivity index (χ0) is 13.8. The molecule has 0 atom stereocenters. The number of rotatable bonds is 4. The minimum atomic E-state index is 0.446. The number of nitrogens with zero attached hydrogens (tertiary/aromatic N) is 2. The van der Waals surface area contributed by atoms with Gasteiger partial charge >= 0.3 is 0 Å². The van der Waals surface area contributed by atoms with Crippen LogP contribution in [0.4, 0.5) is 5.69 Å². The number of pyridine rings is 1. The van der Waals surface area contributed by atoms with Crippen LogP contribution in [0.2, 0.25) is 5.02 Å². The second-order valence-corrected chi connectivity index (χ2v) is 5.24. The van der Waals surface area contributed by atoms with Gasteiger partial charge in [0.1, 0.15) is 0 Å². The second-order valence-electron chi connectivity index (χ2n) is 4.53. The highest BCUT2D eigenvalue weighted by Crippen LogP contribution is 2.26. The van der Waals surface area contributed by atoms with Crippen molar-refractivity contribution in [3.05, 3.63) is 58.4 Å². The number of alkyl halides is 1. The monoisotopic (exact) mass is 294 g/mol. The van der Waals surface area contributed by atoms with Crippen molar-refractivity contribution in [2.75, 3.05) is 11.9 Å². The third-order valence-corrected chi connectivity index (χ3v) is 3.46. The van der Waals surface area contributed by atoms with Crippen molar-refractivity contribution in [1.29, 1.82) is 0 Å². The van der Waals surface area contributed by atoms with Crippen LogP contribution < -0.4 is 4.90 Å². The summed E-state index contributed by atoms with van der Waals surface area (Å²) in [4.78, 5) is 6.65. The van der Waals surface area contributed by atoms with Crippen molar-refractivity contribution in [3.8, 4) is 0 Å². The standard InChI is InChI=1S/C15H16Cl2N2/c1-11-4-3-5-14(18-11)10-19(2)15-7-6-13(17)8-12(15)9-16/h3-8H,9-10H2,1-2H3. The summed E-state index contributed by atoms with van der Waals surface area (Å²) < 4.78 is 0. The van der Waals surface area contributed by atoms with Crippen LogP contribution in [0.3, 0.4) is 0 Å². The molecule has 0 aliphatic heterocycles. The number of anilines is 1. The van der Waals surface area contributed by atoms with Crippen LogP contribution in [0.15, 0.2) is 36.4 Å². The Morgan fingerprint density at radius 1 is 1.21 bits per heavy atom. The van der Waals surface area contributed by atoms with Gasteiger partial charge in [-0.15, -0.1) is 11.6 Å². The van der Waals surface area contributed by atoms with Crippen molar-refractivity contribution in [2.45, 2.75) is 19.3 Å². The van der Waals surface area contributed by atoms with Crippen LogP contribution in [0.5, 0.6) is 0 Å². The molecule has 1 aromatic carbocycles. The largest absolute Gasteiger partial charge is 0.368 e. The smallest absolute Gasteiger partial charge is 0.0600 e. The quantitative estimate of drug-likeness (QED) is 0.776. The lowest BCUT2D eigenvalue weighted by Gasteiger charge is -2.22. The van der Waals surface area contributed by atoms with Gasteiger partial charge in [0.2, 0.25) is 0 Å². The number of halogens is 2. The molecule has 0 saturated heterocycles. The van der Waals surface area contributed by atoms with E-state index in [2.05, 4.69) is 9.88 Å². The first-order chi connectivity index (χ1) is 9.10. The summed E-state index contributed by atoms with van der Waals surface area (Å²) in [6.07, 6.45) is 0. The molecule has 1 heterocycles. The molecular weight excluding hydrogens is 279 g/mol. The van der Waals surface area contributed by atoms with E-state index in [1.165, 1.54) is 0 Å². The molecule has 0 radical (unpaired) electrons. The molecule has 0 aliphatic carbocycles. The van der Waals surface area contributed by atoms with Gasteiger partial charge in [-0.3, -0.25) is 4.98 Å². The van der Waals surface area contributed by atoms with Crippen LogP contribution in [-0.4, -0.2) is 12.0 Å². The van der Waals surface area contributed by atoms with Gasteiger partial charge < -0.3 is 4.90 Å². The highest BCUT2D eigenvalue weighted by Gasteiger charge is 2.09. The SMILES string of the molecule is Cc1cccc(CN(C)c2ccc(Cl)cc2CCl)n1.